The minimum absolute atomic E-state index is 0.488. The van der Waals surface area contributed by atoms with E-state index < -0.39 is 0 Å². The lowest BCUT2D eigenvalue weighted by atomic mass is 9.90. The van der Waals surface area contributed by atoms with Crippen LogP contribution in [0, 0.1) is 5.41 Å². The Kier molecular flexibility index (Phi) is 6.11. The maximum absolute atomic E-state index is 2.42. The molecule has 0 rings (SSSR count). The van der Waals surface area contributed by atoms with Gasteiger partial charge in [0.2, 0.25) is 0 Å². The summed E-state index contributed by atoms with van der Waals surface area (Å²) in [6.07, 6.45) is 8.92. The van der Waals surface area contributed by atoms with Gasteiger partial charge in [-0.1, -0.05) is 45.8 Å². The topological polar surface area (TPSA) is 0 Å². The van der Waals surface area contributed by atoms with Crippen molar-refractivity contribution in [2.45, 2.75) is 66.7 Å². The van der Waals surface area contributed by atoms with E-state index in [1.54, 1.807) is 5.57 Å². The third-order valence-electron chi connectivity index (χ3n) is 2.31. The quantitative estimate of drug-likeness (QED) is 0.528. The molecule has 0 nitrogen and oxygen atoms in total. The van der Waals surface area contributed by atoms with Gasteiger partial charge in [0.15, 0.2) is 0 Å². The van der Waals surface area contributed by atoms with E-state index in [2.05, 4.69) is 40.7 Å². The van der Waals surface area contributed by atoms with E-state index in [4.69, 9.17) is 0 Å². The Hall–Kier alpha value is -0.260. The molecule has 0 aromatic heterocycles. The molecule has 0 N–H and O–H groups in total. The smallest absolute Gasteiger partial charge is 0.0323 e. The molecule has 0 bridgehead atoms. The second-order valence-corrected chi connectivity index (χ2v) is 5.25. The van der Waals surface area contributed by atoms with E-state index in [-0.39, 0.29) is 0 Å². The first-order valence-corrected chi connectivity index (χ1v) is 5.61. The lowest BCUT2D eigenvalue weighted by Gasteiger charge is -2.16. The van der Waals surface area contributed by atoms with Crippen LogP contribution in [0.4, 0.5) is 0 Å². The van der Waals surface area contributed by atoms with Gasteiger partial charge in [-0.25, -0.2) is 0 Å². The molecule has 78 valence electrons. The lowest BCUT2D eigenvalue weighted by molar-refractivity contribution is 0.381. The zero-order valence-electron chi connectivity index (χ0n) is 10.1. The molecule has 0 radical (unpaired) electrons. The first-order valence-electron chi connectivity index (χ1n) is 5.61. The molecule has 0 aliphatic heterocycles. The maximum atomic E-state index is 2.42. The van der Waals surface area contributed by atoms with Crippen LogP contribution in [0.3, 0.4) is 0 Å². The van der Waals surface area contributed by atoms with Crippen LogP contribution in [0.15, 0.2) is 11.6 Å². The SMILES string of the molecule is CCCCC(C)=CCCC(C)(C)C. The summed E-state index contributed by atoms with van der Waals surface area (Å²) in [4.78, 5) is 0. The molecule has 0 unspecified atom stereocenters. The van der Waals surface area contributed by atoms with Crippen LogP contribution in [0.1, 0.15) is 66.7 Å². The van der Waals surface area contributed by atoms with Crippen molar-refractivity contribution in [2.24, 2.45) is 5.41 Å². The molecule has 0 heterocycles. The first kappa shape index (κ1) is 12.7. The summed E-state index contributed by atoms with van der Waals surface area (Å²) in [5, 5.41) is 0. The summed E-state index contributed by atoms with van der Waals surface area (Å²) in [5.74, 6) is 0. The molecule has 0 saturated carbocycles. The highest BCUT2D eigenvalue weighted by Gasteiger charge is 2.07. The number of rotatable bonds is 5. The number of hydrogen-bond donors (Lipinski definition) is 0. The van der Waals surface area contributed by atoms with Crippen LogP contribution in [0.5, 0.6) is 0 Å². The summed E-state index contributed by atoms with van der Waals surface area (Å²) in [5.41, 5.74) is 2.06. The van der Waals surface area contributed by atoms with Crippen molar-refractivity contribution in [3.63, 3.8) is 0 Å². The minimum atomic E-state index is 0.488. The zero-order chi connectivity index (χ0) is 10.3. The molecule has 0 fully saturated rings. The monoisotopic (exact) mass is 182 g/mol. The molecule has 13 heavy (non-hydrogen) atoms. The summed E-state index contributed by atoms with van der Waals surface area (Å²) < 4.78 is 0. The lowest BCUT2D eigenvalue weighted by Crippen LogP contribution is -2.03. The predicted molar refractivity (Wildman–Crippen MR) is 62.0 cm³/mol. The summed E-state index contributed by atoms with van der Waals surface area (Å²) in [7, 11) is 0. The fourth-order valence-corrected chi connectivity index (χ4v) is 1.31. The Morgan fingerprint density at radius 1 is 1.23 bits per heavy atom. The largest absolute Gasteiger partial charge is 0.0856 e. The Bertz CT molecular complexity index is 146. The van der Waals surface area contributed by atoms with Gasteiger partial charge in [-0.05, 0) is 38.0 Å². The highest BCUT2D eigenvalue weighted by Crippen LogP contribution is 2.21. The molecule has 0 amide bonds. The van der Waals surface area contributed by atoms with E-state index in [1.165, 1.54) is 32.1 Å². The Morgan fingerprint density at radius 2 is 1.85 bits per heavy atom. The van der Waals surface area contributed by atoms with Crippen LogP contribution in [-0.2, 0) is 0 Å². The van der Waals surface area contributed by atoms with Gasteiger partial charge in [-0.15, -0.1) is 0 Å². The average molecular weight is 182 g/mol. The standard InChI is InChI=1S/C13H26/c1-6-7-9-12(2)10-8-11-13(3,4)5/h10H,6-9,11H2,1-5H3. The fourth-order valence-electron chi connectivity index (χ4n) is 1.31. The van der Waals surface area contributed by atoms with E-state index in [0.717, 1.165) is 0 Å². The third kappa shape index (κ3) is 9.66. The molecule has 0 heteroatoms. The van der Waals surface area contributed by atoms with Crippen molar-refractivity contribution < 1.29 is 0 Å². The Labute approximate surface area is 84.4 Å². The van der Waals surface area contributed by atoms with Crippen molar-refractivity contribution in [3.05, 3.63) is 11.6 Å². The zero-order valence-corrected chi connectivity index (χ0v) is 10.1. The van der Waals surface area contributed by atoms with Crippen LogP contribution in [-0.4, -0.2) is 0 Å². The second-order valence-electron chi connectivity index (χ2n) is 5.25. The summed E-state index contributed by atoms with van der Waals surface area (Å²) in [6.45, 7) is 11.4. The Balaban J connectivity index is 3.59. The molecule has 0 saturated heterocycles. The van der Waals surface area contributed by atoms with Gasteiger partial charge >= 0.3 is 0 Å². The number of unbranched alkanes of at least 4 members (excludes halogenated alkanes) is 1. The van der Waals surface area contributed by atoms with Gasteiger partial charge in [-0.2, -0.15) is 0 Å². The fraction of sp³-hybridized carbons (Fsp3) is 0.846. The van der Waals surface area contributed by atoms with E-state index in [9.17, 15) is 0 Å². The van der Waals surface area contributed by atoms with Gasteiger partial charge < -0.3 is 0 Å². The van der Waals surface area contributed by atoms with Crippen LogP contribution in [0.25, 0.3) is 0 Å². The number of hydrogen-bond acceptors (Lipinski definition) is 0. The van der Waals surface area contributed by atoms with Crippen LogP contribution in [0.2, 0.25) is 0 Å². The minimum Gasteiger partial charge on any atom is -0.0856 e. The first-order chi connectivity index (χ1) is 5.95. The van der Waals surface area contributed by atoms with Crippen LogP contribution < -0.4 is 0 Å². The van der Waals surface area contributed by atoms with Crippen molar-refractivity contribution in [3.8, 4) is 0 Å². The van der Waals surface area contributed by atoms with Gasteiger partial charge in [0.05, 0.1) is 0 Å². The Morgan fingerprint density at radius 3 is 2.31 bits per heavy atom. The third-order valence-corrected chi connectivity index (χ3v) is 2.31. The molecule has 0 aromatic rings. The van der Waals surface area contributed by atoms with Crippen molar-refractivity contribution in [1.82, 2.24) is 0 Å². The maximum Gasteiger partial charge on any atom is -0.0323 e. The van der Waals surface area contributed by atoms with E-state index >= 15 is 0 Å². The van der Waals surface area contributed by atoms with Crippen molar-refractivity contribution in [2.75, 3.05) is 0 Å². The predicted octanol–water partition coefficient (Wildman–Crippen LogP) is 4.95. The molecule has 0 spiro atoms. The van der Waals surface area contributed by atoms with E-state index in [1.807, 2.05) is 0 Å². The van der Waals surface area contributed by atoms with Gasteiger partial charge in [0, 0.05) is 0 Å². The average Bonchev–Trinajstić information content (AvgIpc) is 1.98. The molecular formula is C13H26. The highest BCUT2D eigenvalue weighted by molar-refractivity contribution is 4.97. The van der Waals surface area contributed by atoms with Crippen LogP contribution >= 0.6 is 0 Å². The van der Waals surface area contributed by atoms with Gasteiger partial charge in [0.25, 0.3) is 0 Å². The molecule has 0 aliphatic carbocycles. The van der Waals surface area contributed by atoms with Crippen molar-refractivity contribution >= 4 is 0 Å². The normalized spacial score (nSPS) is 13.5. The number of allylic oxidation sites excluding steroid dienone is 2. The van der Waals surface area contributed by atoms with Gasteiger partial charge in [0.1, 0.15) is 0 Å². The molecule has 0 aromatic carbocycles. The molecule has 0 aliphatic rings. The molecular weight excluding hydrogens is 156 g/mol. The second kappa shape index (κ2) is 6.23. The molecule has 0 atom stereocenters. The van der Waals surface area contributed by atoms with Crippen molar-refractivity contribution in [1.29, 1.82) is 0 Å². The summed E-state index contributed by atoms with van der Waals surface area (Å²) in [6, 6.07) is 0. The van der Waals surface area contributed by atoms with E-state index in [0.29, 0.717) is 5.41 Å². The highest BCUT2D eigenvalue weighted by atomic mass is 14.1. The summed E-state index contributed by atoms with van der Waals surface area (Å²) >= 11 is 0. The van der Waals surface area contributed by atoms with Gasteiger partial charge in [-0.3, -0.25) is 0 Å².